The molecule has 27 heavy (non-hydrogen) atoms. The number of aromatic amines is 2. The molecule has 0 spiro atoms. The van der Waals surface area contributed by atoms with Gasteiger partial charge in [-0.3, -0.25) is 4.79 Å². The van der Waals surface area contributed by atoms with Gasteiger partial charge in [-0.15, -0.1) is 0 Å². The lowest BCUT2D eigenvalue weighted by molar-refractivity contribution is 0.465. The van der Waals surface area contributed by atoms with E-state index in [1.165, 1.54) is 6.33 Å². The third-order valence-electron chi connectivity index (χ3n) is 4.38. The molecule has 2 aromatic carbocycles. The highest BCUT2D eigenvalue weighted by atomic mass is 16.5. The number of aromatic nitrogens is 4. The first-order valence-electron chi connectivity index (χ1n) is 8.47. The van der Waals surface area contributed by atoms with Crippen molar-refractivity contribution in [3.63, 3.8) is 0 Å². The molecule has 0 bridgehead atoms. The smallest absolute Gasteiger partial charge is 0.260 e. The van der Waals surface area contributed by atoms with Crippen LogP contribution in [0.1, 0.15) is 0 Å². The van der Waals surface area contributed by atoms with E-state index in [-0.39, 0.29) is 5.56 Å². The molecule has 0 amide bonds. The summed E-state index contributed by atoms with van der Waals surface area (Å²) in [6.07, 6.45) is 1.39. The molecule has 2 N–H and O–H groups in total. The quantitative estimate of drug-likeness (QED) is 0.507. The first kappa shape index (κ1) is 15.3. The second-order valence-electron chi connectivity index (χ2n) is 6.12. The van der Waals surface area contributed by atoms with Gasteiger partial charge in [0, 0.05) is 17.0 Å². The third-order valence-corrected chi connectivity index (χ3v) is 4.38. The van der Waals surface area contributed by atoms with Gasteiger partial charge < -0.3 is 14.7 Å². The second kappa shape index (κ2) is 6.10. The second-order valence-corrected chi connectivity index (χ2v) is 6.12. The van der Waals surface area contributed by atoms with Crippen LogP contribution in [0.5, 0.6) is 11.6 Å². The molecule has 0 aliphatic carbocycles. The van der Waals surface area contributed by atoms with Crippen LogP contribution in [0.4, 0.5) is 0 Å². The molecule has 6 nitrogen and oxygen atoms in total. The van der Waals surface area contributed by atoms with E-state index >= 15 is 0 Å². The Morgan fingerprint density at radius 2 is 1.81 bits per heavy atom. The minimum atomic E-state index is -0.177. The van der Waals surface area contributed by atoms with Crippen LogP contribution in [0, 0.1) is 0 Å². The normalized spacial score (nSPS) is 11.1. The Hall–Kier alpha value is -3.93. The number of para-hydroxylation sites is 2. The van der Waals surface area contributed by atoms with E-state index < -0.39 is 0 Å². The zero-order valence-electron chi connectivity index (χ0n) is 14.1. The molecular weight excluding hydrogens is 340 g/mol. The molecule has 0 saturated heterocycles. The lowest BCUT2D eigenvalue weighted by Crippen LogP contribution is -2.04. The zero-order valence-corrected chi connectivity index (χ0v) is 14.1. The van der Waals surface area contributed by atoms with Crippen molar-refractivity contribution in [2.75, 3.05) is 0 Å². The Labute approximate surface area is 153 Å². The van der Waals surface area contributed by atoms with E-state index in [4.69, 9.17) is 9.72 Å². The van der Waals surface area contributed by atoms with Crippen LogP contribution in [0.15, 0.2) is 77.9 Å². The van der Waals surface area contributed by atoms with Gasteiger partial charge in [-0.05, 0) is 24.3 Å². The molecular formula is C21H14N4O2. The first-order valence-corrected chi connectivity index (χ1v) is 8.47. The van der Waals surface area contributed by atoms with E-state index in [1.807, 2.05) is 60.7 Å². The standard InChI is InChI=1S/C21H14N4O2/c26-21-16-11-17(24-20(16)22-12-23-21)15-8-4-5-13-9-10-18(25-19(13)15)27-14-6-2-1-3-7-14/h1-12H,(H2,22,23,24,26). The van der Waals surface area contributed by atoms with Crippen molar-refractivity contribution in [2.45, 2.75) is 0 Å². The number of fused-ring (bicyclic) bond motifs is 2. The van der Waals surface area contributed by atoms with Crippen LogP contribution < -0.4 is 10.3 Å². The van der Waals surface area contributed by atoms with Gasteiger partial charge in [0.05, 0.1) is 22.9 Å². The number of H-pyrrole nitrogens is 2. The van der Waals surface area contributed by atoms with Gasteiger partial charge in [-0.25, -0.2) is 9.97 Å². The number of rotatable bonds is 3. The summed E-state index contributed by atoms with van der Waals surface area (Å²) in [6, 6.07) is 21.0. The van der Waals surface area contributed by atoms with Gasteiger partial charge in [0.2, 0.25) is 5.88 Å². The molecule has 6 heteroatoms. The number of benzene rings is 2. The molecule has 5 aromatic rings. The van der Waals surface area contributed by atoms with E-state index in [1.54, 1.807) is 6.07 Å². The molecule has 0 unspecified atom stereocenters. The van der Waals surface area contributed by atoms with Crippen LogP contribution >= 0.6 is 0 Å². The summed E-state index contributed by atoms with van der Waals surface area (Å²) in [7, 11) is 0. The Morgan fingerprint density at radius 3 is 2.67 bits per heavy atom. The Kier molecular flexibility index (Phi) is 3.47. The van der Waals surface area contributed by atoms with Crippen molar-refractivity contribution in [1.82, 2.24) is 19.9 Å². The lowest BCUT2D eigenvalue weighted by atomic mass is 10.1. The van der Waals surface area contributed by atoms with E-state index in [9.17, 15) is 4.79 Å². The fourth-order valence-electron chi connectivity index (χ4n) is 3.11. The minimum absolute atomic E-state index is 0.177. The fourth-order valence-corrected chi connectivity index (χ4v) is 3.11. The van der Waals surface area contributed by atoms with Crippen molar-refractivity contribution in [2.24, 2.45) is 0 Å². The number of hydrogen-bond donors (Lipinski definition) is 2. The van der Waals surface area contributed by atoms with Crippen molar-refractivity contribution < 1.29 is 4.74 Å². The average molecular weight is 354 g/mol. The number of ether oxygens (including phenoxy) is 1. The summed E-state index contributed by atoms with van der Waals surface area (Å²) in [5.74, 6) is 1.23. The predicted molar refractivity (Wildman–Crippen MR) is 104 cm³/mol. The fraction of sp³-hybridized carbons (Fsp3) is 0. The third kappa shape index (κ3) is 2.73. The van der Waals surface area contributed by atoms with Crippen molar-refractivity contribution in [3.05, 3.63) is 83.4 Å². The molecule has 5 rings (SSSR count). The Bertz CT molecular complexity index is 1320. The highest BCUT2D eigenvalue weighted by Crippen LogP contribution is 2.30. The lowest BCUT2D eigenvalue weighted by Gasteiger charge is -2.08. The summed E-state index contributed by atoms with van der Waals surface area (Å²) in [5, 5.41) is 1.50. The predicted octanol–water partition coefficient (Wildman–Crippen LogP) is 4.26. The van der Waals surface area contributed by atoms with Crippen molar-refractivity contribution in [1.29, 1.82) is 0 Å². The molecule has 0 aliphatic heterocycles. The topological polar surface area (TPSA) is 83.7 Å². The molecule has 0 fully saturated rings. The number of pyridine rings is 1. The Morgan fingerprint density at radius 1 is 0.926 bits per heavy atom. The number of nitrogens with zero attached hydrogens (tertiary/aromatic N) is 2. The van der Waals surface area contributed by atoms with E-state index in [2.05, 4.69) is 15.0 Å². The maximum atomic E-state index is 12.0. The summed E-state index contributed by atoms with van der Waals surface area (Å²) in [4.78, 5) is 26.7. The molecule has 0 atom stereocenters. The SMILES string of the molecule is O=c1[nH]cnc2[nH]c(-c3cccc4ccc(Oc5ccccc5)nc34)cc12. The van der Waals surface area contributed by atoms with Crippen LogP contribution in [0.3, 0.4) is 0 Å². The number of hydrogen-bond acceptors (Lipinski definition) is 4. The van der Waals surface area contributed by atoms with Gasteiger partial charge in [0.1, 0.15) is 11.4 Å². The maximum absolute atomic E-state index is 12.0. The summed E-state index contributed by atoms with van der Waals surface area (Å²) >= 11 is 0. The van der Waals surface area contributed by atoms with Crippen LogP contribution in [-0.2, 0) is 0 Å². The molecule has 0 aliphatic rings. The van der Waals surface area contributed by atoms with Gasteiger partial charge >= 0.3 is 0 Å². The summed E-state index contributed by atoms with van der Waals surface area (Å²) in [5.41, 5.74) is 2.81. The largest absolute Gasteiger partial charge is 0.439 e. The summed E-state index contributed by atoms with van der Waals surface area (Å²) < 4.78 is 5.87. The van der Waals surface area contributed by atoms with Crippen LogP contribution in [0.2, 0.25) is 0 Å². The highest BCUT2D eigenvalue weighted by Gasteiger charge is 2.12. The van der Waals surface area contributed by atoms with Gasteiger partial charge in [-0.2, -0.15) is 0 Å². The monoisotopic (exact) mass is 354 g/mol. The van der Waals surface area contributed by atoms with Crippen molar-refractivity contribution >= 4 is 21.9 Å². The summed E-state index contributed by atoms with van der Waals surface area (Å²) in [6.45, 7) is 0. The molecule has 3 aromatic heterocycles. The Balaban J connectivity index is 1.66. The molecule has 0 radical (unpaired) electrons. The van der Waals surface area contributed by atoms with Crippen LogP contribution in [-0.4, -0.2) is 19.9 Å². The van der Waals surface area contributed by atoms with Gasteiger partial charge in [0.15, 0.2) is 0 Å². The van der Waals surface area contributed by atoms with Gasteiger partial charge in [0.25, 0.3) is 5.56 Å². The molecule has 0 saturated carbocycles. The minimum Gasteiger partial charge on any atom is -0.439 e. The number of nitrogens with one attached hydrogen (secondary N) is 2. The zero-order chi connectivity index (χ0) is 18.2. The molecule has 3 heterocycles. The van der Waals surface area contributed by atoms with Gasteiger partial charge in [-0.1, -0.05) is 36.4 Å². The highest BCUT2D eigenvalue weighted by molar-refractivity contribution is 5.95. The van der Waals surface area contributed by atoms with E-state index in [0.717, 1.165) is 27.9 Å². The average Bonchev–Trinajstić information content (AvgIpc) is 3.14. The van der Waals surface area contributed by atoms with E-state index in [0.29, 0.717) is 16.9 Å². The van der Waals surface area contributed by atoms with Crippen LogP contribution in [0.25, 0.3) is 33.2 Å². The first-order chi connectivity index (χ1) is 13.3. The molecule has 130 valence electrons. The maximum Gasteiger partial charge on any atom is 0.260 e. The van der Waals surface area contributed by atoms with Crippen molar-refractivity contribution in [3.8, 4) is 22.9 Å².